The van der Waals surface area contributed by atoms with Gasteiger partial charge in [-0.2, -0.15) is 5.10 Å². The van der Waals surface area contributed by atoms with Gasteiger partial charge in [-0.05, 0) is 34.1 Å². The molecule has 0 saturated heterocycles. The number of thiophene rings is 1. The number of carboxylic acid groups (broad SMARTS) is 1. The van der Waals surface area contributed by atoms with Gasteiger partial charge in [-0.25, -0.2) is 14.3 Å². The number of nitrogens with zero attached hydrogens (tertiary/aromatic N) is 3. The summed E-state index contributed by atoms with van der Waals surface area (Å²) in [6.07, 6.45) is 1.30. The molecule has 90 valence electrons. The maximum atomic E-state index is 11.0. The number of halogens is 1. The van der Waals surface area contributed by atoms with Crippen LogP contribution in [0.4, 0.5) is 0 Å². The van der Waals surface area contributed by atoms with E-state index in [0.29, 0.717) is 5.65 Å². The van der Waals surface area contributed by atoms with Crippen LogP contribution in [0.25, 0.3) is 16.2 Å². The molecule has 7 heteroatoms. The first-order chi connectivity index (χ1) is 8.65. The van der Waals surface area contributed by atoms with E-state index in [1.54, 1.807) is 6.07 Å². The van der Waals surface area contributed by atoms with Crippen molar-refractivity contribution in [3.8, 4) is 10.6 Å². The Kier molecular flexibility index (Phi) is 2.64. The predicted octanol–water partition coefficient (Wildman–Crippen LogP) is 2.92. The first-order valence-electron chi connectivity index (χ1n) is 4.97. The van der Waals surface area contributed by atoms with Gasteiger partial charge in [-0.3, -0.25) is 0 Å². The van der Waals surface area contributed by atoms with Crippen LogP contribution in [-0.4, -0.2) is 25.7 Å². The lowest BCUT2D eigenvalue weighted by atomic mass is 10.3. The van der Waals surface area contributed by atoms with E-state index >= 15 is 0 Å². The Hall–Kier alpha value is -1.73. The first-order valence-corrected chi connectivity index (χ1v) is 6.65. The second kappa shape index (κ2) is 4.18. The van der Waals surface area contributed by atoms with Gasteiger partial charge in [0, 0.05) is 9.85 Å². The van der Waals surface area contributed by atoms with Gasteiger partial charge in [-0.1, -0.05) is 0 Å². The van der Waals surface area contributed by atoms with Crippen LogP contribution in [0.3, 0.4) is 0 Å². The number of aromatic carboxylic acids is 1. The summed E-state index contributed by atoms with van der Waals surface area (Å²) < 4.78 is 2.32. The van der Waals surface area contributed by atoms with Crippen LogP contribution in [0.1, 0.15) is 10.5 Å². The zero-order valence-corrected chi connectivity index (χ0v) is 11.3. The molecule has 0 aromatic carbocycles. The lowest BCUT2D eigenvalue weighted by molar-refractivity contribution is 0.0688. The van der Waals surface area contributed by atoms with Gasteiger partial charge in [0.2, 0.25) is 0 Å². The molecule has 0 saturated carbocycles. The van der Waals surface area contributed by atoms with Gasteiger partial charge in [-0.15, -0.1) is 11.3 Å². The number of rotatable bonds is 2. The van der Waals surface area contributed by atoms with Crippen molar-refractivity contribution in [2.24, 2.45) is 0 Å². The monoisotopic (exact) mass is 323 g/mol. The third kappa shape index (κ3) is 1.81. The Bertz CT molecular complexity index is 750. The highest BCUT2D eigenvalue weighted by atomic mass is 79.9. The molecule has 0 aliphatic heterocycles. The van der Waals surface area contributed by atoms with Crippen LogP contribution in [0.15, 0.2) is 34.2 Å². The molecule has 0 aliphatic rings. The summed E-state index contributed by atoms with van der Waals surface area (Å²) in [5, 5.41) is 15.3. The lowest BCUT2D eigenvalue weighted by Crippen LogP contribution is -2.04. The van der Waals surface area contributed by atoms with Crippen LogP contribution in [-0.2, 0) is 0 Å². The number of hydrogen-bond donors (Lipinski definition) is 1. The average Bonchev–Trinajstić information content (AvgIpc) is 2.93. The Morgan fingerprint density at radius 3 is 2.94 bits per heavy atom. The van der Waals surface area contributed by atoms with Gasteiger partial charge in [0.15, 0.2) is 11.3 Å². The van der Waals surface area contributed by atoms with Crippen LogP contribution >= 0.6 is 27.3 Å². The number of carbonyl (C=O) groups is 1. The highest BCUT2D eigenvalue weighted by molar-refractivity contribution is 9.10. The molecule has 0 bridgehead atoms. The average molecular weight is 324 g/mol. The summed E-state index contributed by atoms with van der Waals surface area (Å²) >= 11 is 4.92. The highest BCUT2D eigenvalue weighted by Crippen LogP contribution is 2.28. The van der Waals surface area contributed by atoms with Crippen molar-refractivity contribution >= 4 is 38.9 Å². The van der Waals surface area contributed by atoms with Crippen molar-refractivity contribution in [3.63, 3.8) is 0 Å². The number of aromatic nitrogens is 3. The van der Waals surface area contributed by atoms with Gasteiger partial charge < -0.3 is 5.11 Å². The molecule has 18 heavy (non-hydrogen) atoms. The predicted molar refractivity (Wildman–Crippen MR) is 71.0 cm³/mol. The van der Waals surface area contributed by atoms with E-state index in [0.717, 1.165) is 15.0 Å². The van der Waals surface area contributed by atoms with Gasteiger partial charge >= 0.3 is 5.97 Å². The molecule has 0 unspecified atom stereocenters. The van der Waals surface area contributed by atoms with E-state index in [4.69, 9.17) is 5.11 Å². The number of imidazole rings is 1. The standard InChI is InChI=1S/C11H6BrN3O2S/c12-6-3-9(18-5-6)7-1-2-10-13-4-8(11(16)17)15(10)14-7/h1-5H,(H,16,17). The molecular formula is C11H6BrN3O2S. The molecule has 0 amide bonds. The molecule has 0 fully saturated rings. The Balaban J connectivity index is 2.20. The molecule has 0 aliphatic carbocycles. The highest BCUT2D eigenvalue weighted by Gasteiger charge is 2.12. The molecule has 0 atom stereocenters. The number of carboxylic acids is 1. The fourth-order valence-electron chi connectivity index (χ4n) is 1.60. The topological polar surface area (TPSA) is 67.5 Å². The van der Waals surface area contributed by atoms with Gasteiger partial charge in [0.25, 0.3) is 0 Å². The van der Waals surface area contributed by atoms with E-state index in [1.165, 1.54) is 22.0 Å². The van der Waals surface area contributed by atoms with E-state index in [1.807, 2.05) is 17.5 Å². The summed E-state index contributed by atoms with van der Waals surface area (Å²) in [7, 11) is 0. The normalized spacial score (nSPS) is 10.9. The Morgan fingerprint density at radius 2 is 2.28 bits per heavy atom. The Morgan fingerprint density at radius 1 is 1.44 bits per heavy atom. The first kappa shape index (κ1) is 11.4. The minimum atomic E-state index is -1.04. The summed E-state index contributed by atoms with van der Waals surface area (Å²) in [4.78, 5) is 16.0. The van der Waals surface area contributed by atoms with Crippen molar-refractivity contribution in [3.05, 3.63) is 39.9 Å². The maximum absolute atomic E-state index is 11.0. The summed E-state index contributed by atoms with van der Waals surface area (Å²) in [6.45, 7) is 0. The van der Waals surface area contributed by atoms with Crippen molar-refractivity contribution in [2.45, 2.75) is 0 Å². The second-order valence-corrected chi connectivity index (χ2v) is 5.39. The molecule has 3 aromatic heterocycles. The number of fused-ring (bicyclic) bond motifs is 1. The molecule has 3 rings (SSSR count). The summed E-state index contributed by atoms with van der Waals surface area (Å²) in [5.41, 5.74) is 1.30. The lowest BCUT2D eigenvalue weighted by Gasteiger charge is -1.99. The molecule has 5 nitrogen and oxygen atoms in total. The molecule has 0 radical (unpaired) electrons. The van der Waals surface area contributed by atoms with Crippen LogP contribution in [0.5, 0.6) is 0 Å². The summed E-state index contributed by atoms with van der Waals surface area (Å²) in [5.74, 6) is -1.04. The Labute approximate surface area is 114 Å². The van der Waals surface area contributed by atoms with Crippen LogP contribution < -0.4 is 0 Å². The fourth-order valence-corrected chi connectivity index (χ4v) is 2.99. The summed E-state index contributed by atoms with van der Waals surface area (Å²) in [6, 6.07) is 5.52. The molecule has 3 aromatic rings. The van der Waals surface area contributed by atoms with Crippen molar-refractivity contribution in [1.82, 2.24) is 14.6 Å². The van der Waals surface area contributed by atoms with E-state index < -0.39 is 5.97 Å². The van der Waals surface area contributed by atoms with Crippen molar-refractivity contribution in [1.29, 1.82) is 0 Å². The molecule has 3 heterocycles. The molecule has 1 N–H and O–H groups in total. The molecule has 0 spiro atoms. The third-order valence-electron chi connectivity index (χ3n) is 2.40. The zero-order chi connectivity index (χ0) is 12.7. The molecular weight excluding hydrogens is 318 g/mol. The van der Waals surface area contributed by atoms with Crippen molar-refractivity contribution in [2.75, 3.05) is 0 Å². The zero-order valence-electron chi connectivity index (χ0n) is 8.87. The smallest absolute Gasteiger partial charge is 0.356 e. The second-order valence-electron chi connectivity index (χ2n) is 3.57. The minimum Gasteiger partial charge on any atom is -0.476 e. The van der Waals surface area contributed by atoms with Crippen LogP contribution in [0.2, 0.25) is 0 Å². The van der Waals surface area contributed by atoms with E-state index in [9.17, 15) is 4.79 Å². The van der Waals surface area contributed by atoms with E-state index in [-0.39, 0.29) is 5.69 Å². The quantitative estimate of drug-likeness (QED) is 0.787. The minimum absolute atomic E-state index is 0.0578. The van der Waals surface area contributed by atoms with E-state index in [2.05, 4.69) is 26.0 Å². The number of hydrogen-bond acceptors (Lipinski definition) is 4. The largest absolute Gasteiger partial charge is 0.476 e. The SMILES string of the molecule is O=C(O)c1cnc2ccc(-c3cc(Br)cs3)nn12. The fraction of sp³-hybridized carbons (Fsp3) is 0. The third-order valence-corrected chi connectivity index (χ3v) is 4.11. The maximum Gasteiger partial charge on any atom is 0.356 e. The van der Waals surface area contributed by atoms with Gasteiger partial charge in [0.1, 0.15) is 5.69 Å². The van der Waals surface area contributed by atoms with Gasteiger partial charge in [0.05, 0.1) is 11.1 Å². The van der Waals surface area contributed by atoms with Crippen LogP contribution in [0, 0.1) is 0 Å². The van der Waals surface area contributed by atoms with Crippen molar-refractivity contribution < 1.29 is 9.90 Å².